The van der Waals surface area contributed by atoms with Crippen molar-refractivity contribution in [1.29, 1.82) is 0 Å². The molecule has 1 amide bonds. The molecule has 0 saturated carbocycles. The minimum absolute atomic E-state index is 0.180. The number of piperidine rings is 1. The summed E-state index contributed by atoms with van der Waals surface area (Å²) in [5, 5.41) is 1.00. The average molecular weight is 547 g/mol. The van der Waals surface area contributed by atoms with Gasteiger partial charge in [0.1, 0.15) is 0 Å². The van der Waals surface area contributed by atoms with Crippen molar-refractivity contribution >= 4 is 29.1 Å². The third-order valence-corrected chi connectivity index (χ3v) is 7.46. The molecule has 2 aromatic carbocycles. The molecule has 0 radical (unpaired) electrons. The van der Waals surface area contributed by atoms with Crippen molar-refractivity contribution in [2.45, 2.75) is 50.4 Å². The Balaban J connectivity index is 1.98. The van der Waals surface area contributed by atoms with Gasteiger partial charge in [0.2, 0.25) is 5.91 Å². The number of pyridine rings is 1. The van der Waals surface area contributed by atoms with Gasteiger partial charge >= 0.3 is 6.18 Å². The molecule has 194 valence electrons. The Morgan fingerprint density at radius 2 is 1.81 bits per heavy atom. The van der Waals surface area contributed by atoms with Crippen LogP contribution in [0.2, 0.25) is 10.0 Å². The number of hydrogen-bond donors (Lipinski definition) is 0. The number of nitrogens with zero attached hydrogens (tertiary/aromatic N) is 2. The molecule has 0 N–H and O–H groups in total. The van der Waals surface area contributed by atoms with E-state index in [9.17, 15) is 18.0 Å². The highest BCUT2D eigenvalue weighted by Gasteiger charge is 2.53. The molecule has 3 aromatic rings. The Labute approximate surface area is 224 Å². The zero-order valence-electron chi connectivity index (χ0n) is 20.3. The Morgan fingerprint density at radius 3 is 2.41 bits per heavy atom. The van der Waals surface area contributed by atoms with Crippen LogP contribution in [0.3, 0.4) is 0 Å². The van der Waals surface area contributed by atoms with Crippen LogP contribution in [0.1, 0.15) is 61.0 Å². The normalized spacial score (nSPS) is 23.1. The number of carbonyl (C=O) groups excluding carboxylic acids is 1. The van der Waals surface area contributed by atoms with Gasteiger partial charge in [-0.2, -0.15) is 13.2 Å². The van der Waals surface area contributed by atoms with Crippen molar-refractivity contribution in [2.75, 3.05) is 0 Å². The fourth-order valence-corrected chi connectivity index (χ4v) is 5.69. The Morgan fingerprint density at radius 1 is 1.08 bits per heavy atom. The molecular formula is C29H27Cl2F3N2O. The molecule has 1 fully saturated rings. The maximum Gasteiger partial charge on any atom is 0.391 e. The van der Waals surface area contributed by atoms with Gasteiger partial charge < -0.3 is 4.90 Å². The minimum Gasteiger partial charge on any atom is -0.326 e. The third-order valence-electron chi connectivity index (χ3n) is 6.98. The third kappa shape index (κ3) is 6.02. The van der Waals surface area contributed by atoms with Crippen LogP contribution in [0, 0.1) is 5.41 Å². The number of alkyl halides is 3. The van der Waals surface area contributed by atoms with Crippen LogP contribution < -0.4 is 0 Å². The highest BCUT2D eigenvalue weighted by atomic mass is 35.5. The average Bonchev–Trinajstić information content (AvgIpc) is 2.85. The largest absolute Gasteiger partial charge is 0.391 e. The van der Waals surface area contributed by atoms with Crippen LogP contribution in [-0.2, 0) is 4.79 Å². The van der Waals surface area contributed by atoms with Gasteiger partial charge in [-0.25, -0.2) is 0 Å². The predicted molar refractivity (Wildman–Crippen MR) is 140 cm³/mol. The van der Waals surface area contributed by atoms with E-state index in [4.69, 9.17) is 23.2 Å². The van der Waals surface area contributed by atoms with E-state index >= 15 is 0 Å². The highest BCUT2D eigenvalue weighted by Crippen LogP contribution is 2.54. The number of amides is 1. The summed E-state index contributed by atoms with van der Waals surface area (Å²) in [7, 11) is 0. The van der Waals surface area contributed by atoms with Crippen LogP contribution in [0.15, 0.2) is 85.6 Å². The first kappa shape index (κ1) is 27.2. The van der Waals surface area contributed by atoms with Crippen LogP contribution in [0.25, 0.3) is 0 Å². The topological polar surface area (TPSA) is 33.2 Å². The molecule has 4 atom stereocenters. The summed E-state index contributed by atoms with van der Waals surface area (Å²) in [4.78, 5) is 19.9. The van der Waals surface area contributed by atoms with Crippen molar-refractivity contribution in [1.82, 2.24) is 9.88 Å². The van der Waals surface area contributed by atoms with Gasteiger partial charge in [0, 0.05) is 22.2 Å². The lowest BCUT2D eigenvalue weighted by Crippen LogP contribution is -2.53. The number of aromatic nitrogens is 1. The lowest BCUT2D eigenvalue weighted by atomic mass is 9.67. The van der Waals surface area contributed by atoms with E-state index in [1.807, 2.05) is 18.2 Å². The van der Waals surface area contributed by atoms with Gasteiger partial charge in [-0.1, -0.05) is 66.5 Å². The molecule has 2 heterocycles. The zero-order chi connectivity index (χ0) is 26.8. The lowest BCUT2D eigenvalue weighted by molar-refractivity contribution is -0.171. The van der Waals surface area contributed by atoms with Gasteiger partial charge in [0.15, 0.2) is 0 Å². The maximum atomic E-state index is 14.3. The summed E-state index contributed by atoms with van der Waals surface area (Å²) in [6.45, 7) is 5.62. The molecule has 2 unspecified atom stereocenters. The molecule has 0 spiro atoms. The summed E-state index contributed by atoms with van der Waals surface area (Å²) in [6.07, 6.45) is -1.96. The van der Waals surface area contributed by atoms with E-state index in [0.29, 0.717) is 28.5 Å². The Kier molecular flexibility index (Phi) is 8.00. The minimum atomic E-state index is -4.54. The van der Waals surface area contributed by atoms with E-state index in [2.05, 4.69) is 11.6 Å². The van der Waals surface area contributed by atoms with E-state index in [1.165, 1.54) is 17.2 Å². The van der Waals surface area contributed by atoms with Gasteiger partial charge in [-0.05, 0) is 60.4 Å². The SMILES string of the molecule is C=CCC1(C)C[C@H](c2cccc(Cl)c2)[C@@H](c2ccc(Cl)cc2)N(C(CC(F)(F)F)c2ccccn2)C1=O. The van der Waals surface area contributed by atoms with Gasteiger partial charge in [0.05, 0.1) is 29.6 Å². The summed E-state index contributed by atoms with van der Waals surface area (Å²) in [6, 6.07) is 17.0. The molecule has 1 aliphatic rings. The van der Waals surface area contributed by atoms with E-state index < -0.39 is 30.1 Å². The molecule has 8 heteroatoms. The summed E-state index contributed by atoms with van der Waals surface area (Å²) in [5.41, 5.74) is 0.731. The van der Waals surface area contributed by atoms with Gasteiger partial charge in [-0.15, -0.1) is 6.58 Å². The second-order valence-corrected chi connectivity index (χ2v) is 10.6. The van der Waals surface area contributed by atoms with E-state index in [-0.39, 0.29) is 17.5 Å². The molecule has 1 saturated heterocycles. The van der Waals surface area contributed by atoms with Crippen molar-refractivity contribution < 1.29 is 18.0 Å². The fourth-order valence-electron chi connectivity index (χ4n) is 5.37. The number of likely N-dealkylation sites (tertiary alicyclic amines) is 1. The van der Waals surface area contributed by atoms with Crippen LogP contribution in [0.4, 0.5) is 13.2 Å². The van der Waals surface area contributed by atoms with Crippen molar-refractivity contribution in [2.24, 2.45) is 5.41 Å². The molecule has 37 heavy (non-hydrogen) atoms. The van der Waals surface area contributed by atoms with Crippen LogP contribution >= 0.6 is 23.2 Å². The first-order valence-corrected chi connectivity index (χ1v) is 12.7. The molecule has 1 aromatic heterocycles. The fraction of sp³-hybridized carbons (Fsp3) is 0.310. The number of benzene rings is 2. The molecule has 0 aliphatic carbocycles. The first-order chi connectivity index (χ1) is 17.5. The van der Waals surface area contributed by atoms with Crippen molar-refractivity contribution in [3.63, 3.8) is 0 Å². The molecule has 3 nitrogen and oxygen atoms in total. The number of hydrogen-bond acceptors (Lipinski definition) is 2. The van der Waals surface area contributed by atoms with Crippen molar-refractivity contribution in [3.8, 4) is 0 Å². The zero-order valence-corrected chi connectivity index (χ0v) is 21.8. The highest BCUT2D eigenvalue weighted by molar-refractivity contribution is 6.30. The molecule has 1 aliphatic heterocycles. The summed E-state index contributed by atoms with van der Waals surface area (Å²) >= 11 is 12.5. The maximum absolute atomic E-state index is 14.3. The Bertz CT molecular complexity index is 1250. The van der Waals surface area contributed by atoms with Crippen LogP contribution in [-0.4, -0.2) is 22.0 Å². The summed E-state index contributed by atoms with van der Waals surface area (Å²) < 4.78 is 42.2. The standard InChI is InChI=1S/C29H27Cl2F3N2O/c1-3-14-28(2)17-23(20-7-6-8-22(31)16-20)26(19-10-12-21(30)13-11-19)36(27(28)37)25(18-29(32,33)34)24-9-4-5-15-35-24/h3-13,15-16,23,25-26H,1,14,17-18H2,2H3/t23-,25?,26-,28?/m1/s1. The quantitative estimate of drug-likeness (QED) is 0.277. The predicted octanol–water partition coefficient (Wildman–Crippen LogP) is 8.72. The van der Waals surface area contributed by atoms with Crippen molar-refractivity contribution in [3.05, 3.63) is 112 Å². The number of rotatable bonds is 7. The smallest absolute Gasteiger partial charge is 0.326 e. The van der Waals surface area contributed by atoms with Gasteiger partial charge in [-0.3, -0.25) is 9.78 Å². The second-order valence-electron chi connectivity index (χ2n) is 9.72. The Hall–Kier alpha value is -2.83. The molecule has 0 bridgehead atoms. The first-order valence-electron chi connectivity index (χ1n) is 11.9. The monoisotopic (exact) mass is 546 g/mol. The van der Waals surface area contributed by atoms with E-state index in [0.717, 1.165) is 5.56 Å². The summed E-state index contributed by atoms with van der Waals surface area (Å²) in [5.74, 6) is -0.715. The van der Waals surface area contributed by atoms with Gasteiger partial charge in [0.25, 0.3) is 0 Å². The number of carbonyl (C=O) groups is 1. The van der Waals surface area contributed by atoms with Crippen LogP contribution in [0.5, 0.6) is 0 Å². The molecule has 4 rings (SSSR count). The van der Waals surface area contributed by atoms with E-state index in [1.54, 1.807) is 55.5 Å². The molecular weight excluding hydrogens is 520 g/mol. The number of allylic oxidation sites excluding steroid dienone is 1. The number of halogens is 5. The lowest BCUT2D eigenvalue weighted by Gasteiger charge is -2.52. The second kappa shape index (κ2) is 10.9.